The van der Waals surface area contributed by atoms with Crippen LogP contribution in [0.25, 0.3) is 16.6 Å². The van der Waals surface area contributed by atoms with E-state index in [4.69, 9.17) is 27.1 Å². The number of aromatic amines is 1. The minimum Gasteiger partial charge on any atom is -0.489 e. The molecule has 0 radical (unpaired) electrons. The van der Waals surface area contributed by atoms with Gasteiger partial charge in [0.25, 0.3) is 0 Å². The lowest BCUT2D eigenvalue weighted by Crippen LogP contribution is -2.35. The number of nitrogens with two attached hydrogens (primary N) is 1. The molecule has 1 saturated heterocycles. The van der Waals surface area contributed by atoms with Crippen LogP contribution in [0.4, 0.5) is 0 Å². The van der Waals surface area contributed by atoms with Crippen molar-refractivity contribution in [1.82, 2.24) is 9.88 Å². The number of likely N-dealkylation sites (tertiary alicyclic amines) is 1. The number of fused-ring (bicyclic) bond motifs is 1. The third-order valence-corrected chi connectivity index (χ3v) is 6.63. The fourth-order valence-electron chi connectivity index (χ4n) is 4.49. The summed E-state index contributed by atoms with van der Waals surface area (Å²) in [7, 11) is 0. The summed E-state index contributed by atoms with van der Waals surface area (Å²) in [5.74, 6) is 5.36. The SMILES string of the molecule is C=C(/N=C(\ON)c1ccc(OC(C)C)c(Cl)c1)c1cccc2c(CN3CCC(C(=O)O)CC3)c[nH]c12. The van der Waals surface area contributed by atoms with Crippen LogP contribution in [-0.2, 0) is 16.2 Å². The summed E-state index contributed by atoms with van der Waals surface area (Å²) in [5, 5.41) is 10.7. The molecule has 2 heterocycles. The first-order valence-corrected chi connectivity index (χ1v) is 12.3. The first kappa shape index (κ1) is 25.8. The van der Waals surface area contributed by atoms with Gasteiger partial charge in [-0.3, -0.25) is 9.69 Å². The van der Waals surface area contributed by atoms with Gasteiger partial charge in [-0.2, -0.15) is 5.90 Å². The number of nitrogens with one attached hydrogen (secondary N) is 1. The Kier molecular flexibility index (Phi) is 7.98. The van der Waals surface area contributed by atoms with Gasteiger partial charge in [0.15, 0.2) is 0 Å². The van der Waals surface area contributed by atoms with Crippen LogP contribution in [0.5, 0.6) is 5.75 Å². The van der Waals surface area contributed by atoms with Gasteiger partial charge in [-0.05, 0) is 63.5 Å². The molecule has 9 heteroatoms. The molecule has 8 nitrogen and oxygen atoms in total. The number of benzene rings is 2. The molecule has 4 N–H and O–H groups in total. The zero-order valence-corrected chi connectivity index (χ0v) is 21.2. The van der Waals surface area contributed by atoms with Crippen molar-refractivity contribution in [3.63, 3.8) is 0 Å². The van der Waals surface area contributed by atoms with E-state index in [9.17, 15) is 9.90 Å². The van der Waals surface area contributed by atoms with E-state index in [-0.39, 0.29) is 17.9 Å². The van der Waals surface area contributed by atoms with Crippen LogP contribution in [0.15, 0.2) is 54.2 Å². The van der Waals surface area contributed by atoms with Crippen LogP contribution in [0.3, 0.4) is 0 Å². The fourth-order valence-corrected chi connectivity index (χ4v) is 4.71. The van der Waals surface area contributed by atoms with Crippen molar-refractivity contribution in [2.24, 2.45) is 16.8 Å². The number of ether oxygens (including phenoxy) is 1. The minimum absolute atomic E-state index is 0.00484. The number of nitrogens with zero attached hydrogens (tertiary/aromatic N) is 2. The van der Waals surface area contributed by atoms with Gasteiger partial charge in [0.2, 0.25) is 5.90 Å². The van der Waals surface area contributed by atoms with Crippen molar-refractivity contribution in [2.75, 3.05) is 13.1 Å². The van der Waals surface area contributed by atoms with E-state index >= 15 is 0 Å². The van der Waals surface area contributed by atoms with Gasteiger partial charge >= 0.3 is 5.97 Å². The lowest BCUT2D eigenvalue weighted by Gasteiger charge is -2.29. The predicted octanol–water partition coefficient (Wildman–Crippen LogP) is 5.21. The summed E-state index contributed by atoms with van der Waals surface area (Å²) in [6, 6.07) is 11.2. The second-order valence-corrected chi connectivity index (χ2v) is 9.63. The molecule has 0 spiro atoms. The average Bonchev–Trinajstić information content (AvgIpc) is 3.26. The summed E-state index contributed by atoms with van der Waals surface area (Å²) in [5.41, 5.74) is 3.96. The highest BCUT2D eigenvalue weighted by Crippen LogP contribution is 2.30. The second kappa shape index (κ2) is 11.2. The monoisotopic (exact) mass is 510 g/mol. The van der Waals surface area contributed by atoms with Crippen molar-refractivity contribution < 1.29 is 19.5 Å². The molecule has 36 heavy (non-hydrogen) atoms. The van der Waals surface area contributed by atoms with Gasteiger partial charge in [0.05, 0.1) is 28.3 Å². The lowest BCUT2D eigenvalue weighted by atomic mass is 9.96. The zero-order chi connectivity index (χ0) is 25.8. The van der Waals surface area contributed by atoms with Crippen LogP contribution in [-0.4, -0.2) is 46.1 Å². The average molecular weight is 511 g/mol. The molecule has 0 aliphatic carbocycles. The van der Waals surface area contributed by atoms with Crippen LogP contribution in [0, 0.1) is 5.92 Å². The number of carboxylic acids is 1. The number of carboxylic acid groups (broad SMARTS) is 1. The van der Waals surface area contributed by atoms with E-state index in [1.54, 1.807) is 18.2 Å². The van der Waals surface area contributed by atoms with E-state index in [2.05, 4.69) is 27.5 Å². The first-order chi connectivity index (χ1) is 17.3. The number of aliphatic imine (C=N–C) groups is 1. The molecule has 3 aromatic rings. The molecule has 190 valence electrons. The predicted molar refractivity (Wildman–Crippen MR) is 142 cm³/mol. The van der Waals surface area contributed by atoms with Crippen molar-refractivity contribution in [3.05, 3.63) is 70.9 Å². The smallest absolute Gasteiger partial charge is 0.306 e. The third kappa shape index (κ3) is 5.73. The van der Waals surface area contributed by atoms with E-state index in [0.717, 1.165) is 41.7 Å². The van der Waals surface area contributed by atoms with Crippen LogP contribution >= 0.6 is 11.6 Å². The Labute approximate surface area is 215 Å². The molecule has 0 atom stereocenters. The van der Waals surface area contributed by atoms with Crippen molar-refractivity contribution in [3.8, 4) is 5.75 Å². The molecular weight excluding hydrogens is 480 g/mol. The molecule has 0 bridgehead atoms. The quantitative estimate of drug-likeness (QED) is 0.218. The number of carbonyl (C=O) groups is 1. The maximum absolute atomic E-state index is 11.2. The number of rotatable bonds is 8. The molecular formula is C27H31ClN4O4. The number of aliphatic carboxylic acids is 1. The summed E-state index contributed by atoms with van der Waals surface area (Å²) in [6.45, 7) is 10.3. The van der Waals surface area contributed by atoms with E-state index in [1.807, 2.05) is 32.2 Å². The molecule has 1 aliphatic rings. The van der Waals surface area contributed by atoms with Crippen LogP contribution in [0.1, 0.15) is 43.4 Å². The van der Waals surface area contributed by atoms with Crippen molar-refractivity contribution in [1.29, 1.82) is 0 Å². The highest BCUT2D eigenvalue weighted by Gasteiger charge is 2.25. The second-order valence-electron chi connectivity index (χ2n) is 9.22. The Morgan fingerprint density at radius 2 is 2.06 bits per heavy atom. The van der Waals surface area contributed by atoms with Gasteiger partial charge in [-0.25, -0.2) is 4.99 Å². The fraction of sp³-hybridized carbons (Fsp3) is 0.333. The highest BCUT2D eigenvalue weighted by atomic mass is 35.5. The van der Waals surface area contributed by atoms with E-state index < -0.39 is 5.97 Å². The minimum atomic E-state index is -0.701. The Morgan fingerprint density at radius 1 is 1.31 bits per heavy atom. The van der Waals surface area contributed by atoms with E-state index in [1.165, 1.54) is 0 Å². The maximum Gasteiger partial charge on any atom is 0.306 e. The van der Waals surface area contributed by atoms with Gasteiger partial charge in [0.1, 0.15) is 5.75 Å². The number of para-hydroxylation sites is 1. The summed E-state index contributed by atoms with van der Waals surface area (Å²) in [4.78, 5) is 26.5. The number of aromatic nitrogens is 1. The number of H-pyrrole nitrogens is 1. The molecule has 0 amide bonds. The molecule has 1 aliphatic heterocycles. The highest BCUT2D eigenvalue weighted by molar-refractivity contribution is 6.32. The molecule has 0 unspecified atom stereocenters. The van der Waals surface area contributed by atoms with Crippen molar-refractivity contribution in [2.45, 2.75) is 39.3 Å². The summed E-state index contributed by atoms with van der Waals surface area (Å²) < 4.78 is 5.69. The summed E-state index contributed by atoms with van der Waals surface area (Å²) >= 11 is 6.38. The lowest BCUT2D eigenvalue weighted by molar-refractivity contribution is -0.143. The van der Waals surface area contributed by atoms with Gasteiger partial charge in [-0.1, -0.05) is 36.4 Å². The Morgan fingerprint density at radius 3 is 2.69 bits per heavy atom. The van der Waals surface area contributed by atoms with Gasteiger partial charge in [-0.15, -0.1) is 0 Å². The Hall–Kier alpha value is -3.33. The Balaban J connectivity index is 1.55. The molecule has 1 fully saturated rings. The number of hydrogen-bond acceptors (Lipinski definition) is 6. The number of halogens is 1. The van der Waals surface area contributed by atoms with Crippen LogP contribution < -0.4 is 10.6 Å². The standard InChI is InChI=1S/C27H31ClN4O4/c1-16(2)35-24-8-7-19(13-23(24)28)26(36-29)31-17(3)21-5-4-6-22-20(14-30-25(21)22)15-32-11-9-18(10-12-32)27(33)34/h4-8,13-14,16,18,30H,3,9-12,15,29H2,1-2H3,(H,33,34)/b31-26-. The number of hydrogen-bond donors (Lipinski definition) is 3. The topological polar surface area (TPSA) is 113 Å². The largest absolute Gasteiger partial charge is 0.489 e. The van der Waals surface area contributed by atoms with Crippen molar-refractivity contribution >= 4 is 40.1 Å². The zero-order valence-electron chi connectivity index (χ0n) is 20.5. The Bertz CT molecular complexity index is 1290. The maximum atomic E-state index is 11.2. The van der Waals surface area contributed by atoms with Gasteiger partial charge in [0, 0.05) is 29.3 Å². The molecule has 2 aromatic carbocycles. The third-order valence-electron chi connectivity index (χ3n) is 6.33. The molecule has 0 saturated carbocycles. The summed E-state index contributed by atoms with van der Waals surface area (Å²) in [6.07, 6.45) is 3.33. The normalized spacial score (nSPS) is 15.4. The molecule has 4 rings (SSSR count). The molecule has 1 aromatic heterocycles. The van der Waals surface area contributed by atoms with Gasteiger partial charge < -0.3 is 19.7 Å². The van der Waals surface area contributed by atoms with E-state index in [0.29, 0.717) is 34.9 Å². The van der Waals surface area contributed by atoms with Crippen LogP contribution in [0.2, 0.25) is 5.02 Å². The first-order valence-electron chi connectivity index (χ1n) is 11.9. The number of piperidine rings is 1.